The SMILES string of the molecule is O=C(Nc1ccccc1C(=O)[O-])c1cccs1. The van der Waals surface area contributed by atoms with E-state index in [4.69, 9.17) is 0 Å². The summed E-state index contributed by atoms with van der Waals surface area (Å²) in [5.41, 5.74) is 0.211. The van der Waals surface area contributed by atoms with Crippen molar-refractivity contribution >= 4 is 28.9 Å². The van der Waals surface area contributed by atoms with Gasteiger partial charge in [0.15, 0.2) is 0 Å². The normalized spacial score (nSPS) is 9.88. The van der Waals surface area contributed by atoms with Gasteiger partial charge in [-0.05, 0) is 17.5 Å². The fourth-order valence-corrected chi connectivity index (χ4v) is 1.98. The van der Waals surface area contributed by atoms with Gasteiger partial charge in [0.25, 0.3) is 5.91 Å². The highest BCUT2D eigenvalue weighted by Crippen LogP contribution is 2.17. The second kappa shape index (κ2) is 4.80. The maximum absolute atomic E-state index is 11.7. The molecule has 0 aliphatic carbocycles. The topological polar surface area (TPSA) is 69.2 Å². The molecule has 17 heavy (non-hydrogen) atoms. The van der Waals surface area contributed by atoms with Crippen LogP contribution in [0.25, 0.3) is 0 Å². The Balaban J connectivity index is 2.25. The number of hydrogen-bond acceptors (Lipinski definition) is 4. The number of carboxylic acids is 1. The first-order valence-electron chi connectivity index (χ1n) is 4.83. The molecule has 0 fully saturated rings. The number of amides is 1. The van der Waals surface area contributed by atoms with Crippen LogP contribution in [0.2, 0.25) is 0 Å². The quantitative estimate of drug-likeness (QED) is 0.889. The summed E-state index contributed by atoms with van der Waals surface area (Å²) in [7, 11) is 0. The van der Waals surface area contributed by atoms with Crippen LogP contribution in [-0.4, -0.2) is 11.9 Å². The van der Waals surface area contributed by atoms with Gasteiger partial charge in [0.1, 0.15) is 0 Å². The van der Waals surface area contributed by atoms with Crippen molar-refractivity contribution in [3.63, 3.8) is 0 Å². The smallest absolute Gasteiger partial charge is 0.265 e. The maximum Gasteiger partial charge on any atom is 0.265 e. The van der Waals surface area contributed by atoms with Crippen molar-refractivity contribution in [3.8, 4) is 0 Å². The van der Waals surface area contributed by atoms with E-state index in [-0.39, 0.29) is 17.2 Å². The number of thiophene rings is 1. The molecular weight excluding hydrogens is 238 g/mol. The summed E-state index contributed by atoms with van der Waals surface area (Å²) in [6, 6.07) is 9.56. The Morgan fingerprint density at radius 1 is 1.12 bits per heavy atom. The predicted octanol–water partition coefficient (Wildman–Crippen LogP) is 1.36. The van der Waals surface area contributed by atoms with Crippen LogP contribution in [0, 0.1) is 0 Å². The van der Waals surface area contributed by atoms with E-state index in [9.17, 15) is 14.7 Å². The van der Waals surface area contributed by atoms with Crippen LogP contribution in [0.4, 0.5) is 5.69 Å². The van der Waals surface area contributed by atoms with Gasteiger partial charge in [-0.2, -0.15) is 0 Å². The predicted molar refractivity (Wildman–Crippen MR) is 63.0 cm³/mol. The van der Waals surface area contributed by atoms with Gasteiger partial charge in [-0.25, -0.2) is 0 Å². The van der Waals surface area contributed by atoms with Gasteiger partial charge >= 0.3 is 0 Å². The molecule has 1 N–H and O–H groups in total. The fraction of sp³-hybridized carbons (Fsp3) is 0. The third kappa shape index (κ3) is 2.51. The number of nitrogens with one attached hydrogen (secondary N) is 1. The number of aromatic carboxylic acids is 1. The number of carbonyl (C=O) groups is 2. The van der Waals surface area contributed by atoms with Crippen molar-refractivity contribution in [1.29, 1.82) is 0 Å². The number of anilines is 1. The van der Waals surface area contributed by atoms with Crippen LogP contribution in [0.5, 0.6) is 0 Å². The van der Waals surface area contributed by atoms with E-state index in [2.05, 4.69) is 5.32 Å². The van der Waals surface area contributed by atoms with Gasteiger partial charge in [-0.15, -0.1) is 11.3 Å². The van der Waals surface area contributed by atoms with Crippen molar-refractivity contribution in [2.45, 2.75) is 0 Å². The zero-order valence-corrected chi connectivity index (χ0v) is 9.49. The van der Waals surface area contributed by atoms with Gasteiger partial charge in [-0.3, -0.25) is 4.79 Å². The first kappa shape index (κ1) is 11.3. The molecule has 0 saturated heterocycles. The molecule has 1 heterocycles. The summed E-state index contributed by atoms with van der Waals surface area (Å²) in [6.07, 6.45) is 0. The molecule has 2 aromatic rings. The van der Waals surface area contributed by atoms with Crippen LogP contribution in [0.15, 0.2) is 41.8 Å². The Morgan fingerprint density at radius 3 is 2.53 bits per heavy atom. The van der Waals surface area contributed by atoms with Crippen molar-refractivity contribution < 1.29 is 14.7 Å². The van der Waals surface area contributed by atoms with Crippen molar-refractivity contribution in [1.82, 2.24) is 0 Å². The Bertz CT molecular complexity index is 549. The second-order valence-electron chi connectivity index (χ2n) is 3.26. The maximum atomic E-state index is 11.7. The molecule has 2 rings (SSSR count). The van der Waals surface area contributed by atoms with Crippen molar-refractivity contribution in [3.05, 3.63) is 52.2 Å². The second-order valence-corrected chi connectivity index (χ2v) is 4.21. The lowest BCUT2D eigenvalue weighted by Crippen LogP contribution is -2.24. The molecule has 0 radical (unpaired) electrons. The average molecular weight is 246 g/mol. The van der Waals surface area contributed by atoms with Crippen molar-refractivity contribution in [2.75, 3.05) is 5.32 Å². The van der Waals surface area contributed by atoms with E-state index in [1.54, 1.807) is 29.6 Å². The first-order chi connectivity index (χ1) is 8.18. The number of rotatable bonds is 3. The lowest BCUT2D eigenvalue weighted by atomic mass is 10.2. The van der Waals surface area contributed by atoms with Gasteiger partial charge in [-0.1, -0.05) is 24.3 Å². The molecule has 0 saturated carbocycles. The molecule has 1 aromatic carbocycles. The molecule has 0 unspecified atom stereocenters. The summed E-state index contributed by atoms with van der Waals surface area (Å²) in [5.74, 6) is -1.64. The standard InChI is InChI=1S/C12H9NO3S/c14-11(10-6-3-7-17-10)13-9-5-2-1-4-8(9)12(15)16/h1-7H,(H,13,14)(H,15,16)/p-1. The van der Waals surface area contributed by atoms with Crippen LogP contribution < -0.4 is 10.4 Å². The lowest BCUT2D eigenvalue weighted by molar-refractivity contribution is -0.254. The number of para-hydroxylation sites is 1. The molecular formula is C12H8NO3S-. The summed E-state index contributed by atoms with van der Waals surface area (Å²) >= 11 is 1.29. The molecule has 5 heteroatoms. The lowest BCUT2D eigenvalue weighted by Gasteiger charge is -2.10. The Labute approximate surface area is 102 Å². The third-order valence-corrected chi connectivity index (χ3v) is 3.01. The summed E-state index contributed by atoms with van der Waals surface area (Å²) in [6.45, 7) is 0. The van der Waals surface area contributed by atoms with Crippen molar-refractivity contribution in [2.24, 2.45) is 0 Å². The van der Waals surface area contributed by atoms with Gasteiger partial charge < -0.3 is 15.2 Å². The van der Waals surface area contributed by atoms with Crippen LogP contribution in [0.1, 0.15) is 20.0 Å². The number of carbonyl (C=O) groups excluding carboxylic acids is 2. The van der Waals surface area contributed by atoms with E-state index < -0.39 is 5.97 Å². The molecule has 1 aromatic heterocycles. The fourth-order valence-electron chi connectivity index (χ4n) is 1.36. The molecule has 0 spiro atoms. The zero-order chi connectivity index (χ0) is 12.3. The van der Waals surface area contributed by atoms with Gasteiger partial charge in [0.2, 0.25) is 0 Å². The third-order valence-electron chi connectivity index (χ3n) is 2.14. The first-order valence-corrected chi connectivity index (χ1v) is 5.71. The minimum absolute atomic E-state index is 0.0302. The van der Waals surface area contributed by atoms with Crippen LogP contribution in [-0.2, 0) is 0 Å². The summed E-state index contributed by atoms with van der Waals surface area (Å²) in [5, 5.41) is 15.2. The number of hydrogen-bond donors (Lipinski definition) is 1. The Hall–Kier alpha value is -2.14. The number of benzene rings is 1. The van der Waals surface area contributed by atoms with Gasteiger partial charge in [0.05, 0.1) is 16.5 Å². The zero-order valence-electron chi connectivity index (χ0n) is 8.67. The molecule has 4 nitrogen and oxygen atoms in total. The molecule has 0 bridgehead atoms. The molecule has 86 valence electrons. The highest BCUT2D eigenvalue weighted by atomic mass is 32.1. The van der Waals surface area contributed by atoms with E-state index in [1.807, 2.05) is 0 Å². The monoisotopic (exact) mass is 246 g/mol. The minimum atomic E-state index is -1.31. The Morgan fingerprint density at radius 2 is 1.88 bits per heavy atom. The molecule has 0 aliphatic heterocycles. The van der Waals surface area contributed by atoms with E-state index >= 15 is 0 Å². The molecule has 1 amide bonds. The summed E-state index contributed by atoms with van der Waals surface area (Å²) < 4.78 is 0. The highest BCUT2D eigenvalue weighted by Gasteiger charge is 2.09. The largest absolute Gasteiger partial charge is 0.545 e. The molecule has 0 aliphatic rings. The van der Waals surface area contributed by atoms with E-state index in [0.717, 1.165) is 0 Å². The van der Waals surface area contributed by atoms with Crippen LogP contribution in [0.3, 0.4) is 0 Å². The van der Waals surface area contributed by atoms with Crippen LogP contribution >= 0.6 is 11.3 Å². The molecule has 0 atom stereocenters. The van der Waals surface area contributed by atoms with Gasteiger partial charge in [0, 0.05) is 5.56 Å². The summed E-state index contributed by atoms with van der Waals surface area (Å²) in [4.78, 5) is 23.1. The average Bonchev–Trinajstić information content (AvgIpc) is 2.83. The Kier molecular flexibility index (Phi) is 3.20. The highest BCUT2D eigenvalue weighted by molar-refractivity contribution is 7.12. The van der Waals surface area contributed by atoms with E-state index in [1.165, 1.54) is 23.5 Å². The number of carboxylic acid groups (broad SMARTS) is 1. The van der Waals surface area contributed by atoms with E-state index in [0.29, 0.717) is 4.88 Å². The minimum Gasteiger partial charge on any atom is -0.545 e.